The summed E-state index contributed by atoms with van der Waals surface area (Å²) in [6.45, 7) is 7.94. The maximum Gasteiger partial charge on any atom is 0.100 e. The van der Waals surface area contributed by atoms with Crippen molar-refractivity contribution in [2.24, 2.45) is 11.8 Å². The van der Waals surface area contributed by atoms with E-state index in [9.17, 15) is 0 Å². The number of hydrogen-bond donors (Lipinski definition) is 0. The Morgan fingerprint density at radius 3 is 2.23 bits per heavy atom. The summed E-state index contributed by atoms with van der Waals surface area (Å²) in [6, 6.07) is 19.9. The van der Waals surface area contributed by atoms with E-state index in [1.54, 1.807) is 0 Å². The van der Waals surface area contributed by atoms with Gasteiger partial charge in [-0.15, -0.1) is 0 Å². The van der Waals surface area contributed by atoms with Crippen LogP contribution in [-0.2, 0) is 19.4 Å². The van der Waals surface area contributed by atoms with E-state index in [4.69, 9.17) is 5.10 Å². The number of aryl methyl sites for hydroxylation is 1. The fourth-order valence-corrected chi connectivity index (χ4v) is 5.25. The van der Waals surface area contributed by atoms with E-state index in [0.29, 0.717) is 0 Å². The first-order valence-corrected chi connectivity index (χ1v) is 12.5. The summed E-state index contributed by atoms with van der Waals surface area (Å²) < 4.78 is 2.39. The van der Waals surface area contributed by atoms with Gasteiger partial charge in [-0.05, 0) is 48.6 Å². The number of benzene rings is 2. The second-order valence-electron chi connectivity index (χ2n) is 9.32. The quantitative estimate of drug-likeness (QED) is 0.366. The SMILES string of the molecule is CCCc1c(-c2cccc(CC)c2)c(-c2ccccc2)nn1CC1CCC(CC)CC1. The van der Waals surface area contributed by atoms with Crippen LogP contribution in [0.3, 0.4) is 0 Å². The van der Waals surface area contributed by atoms with E-state index in [2.05, 4.69) is 80.1 Å². The topological polar surface area (TPSA) is 17.8 Å². The molecule has 1 saturated carbocycles. The molecule has 0 amide bonds. The van der Waals surface area contributed by atoms with E-state index in [1.807, 2.05) is 0 Å². The third kappa shape index (κ3) is 4.95. The van der Waals surface area contributed by atoms with Crippen molar-refractivity contribution in [3.63, 3.8) is 0 Å². The Bertz CT molecular complexity index is 962. The van der Waals surface area contributed by atoms with Crippen LogP contribution in [0.2, 0.25) is 0 Å². The van der Waals surface area contributed by atoms with Gasteiger partial charge < -0.3 is 0 Å². The largest absolute Gasteiger partial charge is 0.268 e. The lowest BCUT2D eigenvalue weighted by atomic mass is 9.81. The molecule has 2 aromatic carbocycles. The molecule has 1 aliphatic carbocycles. The maximum atomic E-state index is 5.28. The molecule has 164 valence electrons. The second kappa shape index (κ2) is 10.3. The lowest BCUT2D eigenvalue weighted by Crippen LogP contribution is -2.20. The molecule has 1 heterocycles. The summed E-state index contributed by atoms with van der Waals surface area (Å²) in [4.78, 5) is 0. The number of hydrogen-bond acceptors (Lipinski definition) is 1. The van der Waals surface area contributed by atoms with Crippen LogP contribution in [0.25, 0.3) is 22.4 Å². The van der Waals surface area contributed by atoms with Gasteiger partial charge in [0.05, 0.1) is 0 Å². The fraction of sp³-hybridized carbons (Fsp3) is 0.483. The Morgan fingerprint density at radius 2 is 1.55 bits per heavy atom. The monoisotopic (exact) mass is 414 g/mol. The highest BCUT2D eigenvalue weighted by molar-refractivity contribution is 5.83. The standard InChI is InChI=1S/C29H38N2/c1-4-11-27-28(26-15-10-12-23(6-3)20-26)29(25-13-8-7-9-14-25)30-31(27)21-24-18-16-22(5-2)17-19-24/h7-10,12-15,20,22,24H,4-6,11,16-19,21H2,1-3H3. The van der Waals surface area contributed by atoms with Crippen LogP contribution in [0.5, 0.6) is 0 Å². The van der Waals surface area contributed by atoms with E-state index < -0.39 is 0 Å². The first-order valence-electron chi connectivity index (χ1n) is 12.5. The van der Waals surface area contributed by atoms with Crippen LogP contribution in [0.1, 0.15) is 70.6 Å². The molecule has 4 rings (SSSR count). The van der Waals surface area contributed by atoms with Gasteiger partial charge in [0.15, 0.2) is 0 Å². The highest BCUT2D eigenvalue weighted by atomic mass is 15.3. The van der Waals surface area contributed by atoms with Crippen LogP contribution >= 0.6 is 0 Å². The average Bonchev–Trinajstić information content (AvgIpc) is 3.18. The van der Waals surface area contributed by atoms with Crippen molar-refractivity contribution in [2.45, 2.75) is 78.7 Å². The Balaban J connectivity index is 1.77. The maximum absolute atomic E-state index is 5.28. The van der Waals surface area contributed by atoms with Gasteiger partial charge in [0.25, 0.3) is 0 Å². The minimum absolute atomic E-state index is 0.761. The van der Waals surface area contributed by atoms with Gasteiger partial charge >= 0.3 is 0 Å². The molecule has 0 radical (unpaired) electrons. The second-order valence-corrected chi connectivity index (χ2v) is 9.32. The third-order valence-corrected chi connectivity index (χ3v) is 7.19. The van der Waals surface area contributed by atoms with Crippen molar-refractivity contribution < 1.29 is 0 Å². The van der Waals surface area contributed by atoms with Crippen molar-refractivity contribution in [2.75, 3.05) is 0 Å². The molecule has 0 aliphatic heterocycles. The van der Waals surface area contributed by atoms with Crippen molar-refractivity contribution >= 4 is 0 Å². The molecule has 0 bridgehead atoms. The predicted octanol–water partition coefficient (Wildman–Crippen LogP) is 7.95. The normalized spacial score (nSPS) is 18.9. The summed E-state index contributed by atoms with van der Waals surface area (Å²) in [5.74, 6) is 1.70. The van der Waals surface area contributed by atoms with E-state index >= 15 is 0 Å². The van der Waals surface area contributed by atoms with Crippen molar-refractivity contribution in [3.8, 4) is 22.4 Å². The van der Waals surface area contributed by atoms with Crippen LogP contribution in [0, 0.1) is 11.8 Å². The molecule has 1 aromatic heterocycles. The molecule has 2 nitrogen and oxygen atoms in total. The summed E-state index contributed by atoms with van der Waals surface area (Å²) >= 11 is 0. The third-order valence-electron chi connectivity index (χ3n) is 7.19. The molecular weight excluding hydrogens is 376 g/mol. The zero-order valence-electron chi connectivity index (χ0n) is 19.6. The molecular formula is C29H38N2. The molecule has 1 aliphatic rings. The van der Waals surface area contributed by atoms with Gasteiger partial charge in [0, 0.05) is 23.4 Å². The van der Waals surface area contributed by atoms with Crippen LogP contribution in [-0.4, -0.2) is 9.78 Å². The van der Waals surface area contributed by atoms with Gasteiger partial charge in [0.1, 0.15) is 5.69 Å². The van der Waals surface area contributed by atoms with Crippen molar-refractivity contribution in [1.82, 2.24) is 9.78 Å². The van der Waals surface area contributed by atoms with Crippen LogP contribution in [0.15, 0.2) is 54.6 Å². The highest BCUT2D eigenvalue weighted by Gasteiger charge is 2.25. The van der Waals surface area contributed by atoms with Gasteiger partial charge in [-0.25, -0.2) is 0 Å². The molecule has 0 N–H and O–H groups in total. The van der Waals surface area contributed by atoms with Gasteiger partial charge in [-0.1, -0.05) is 101 Å². The molecule has 0 atom stereocenters. The summed E-state index contributed by atoms with van der Waals surface area (Å²) in [5.41, 5.74) is 7.87. The average molecular weight is 415 g/mol. The number of aromatic nitrogens is 2. The number of nitrogens with zero attached hydrogens (tertiary/aromatic N) is 2. The van der Waals surface area contributed by atoms with Gasteiger partial charge in [-0.2, -0.15) is 5.10 Å². The summed E-state index contributed by atoms with van der Waals surface area (Å²) in [5, 5.41) is 5.28. The first-order chi connectivity index (χ1) is 15.2. The van der Waals surface area contributed by atoms with Gasteiger partial charge in [0.2, 0.25) is 0 Å². The van der Waals surface area contributed by atoms with E-state index in [0.717, 1.165) is 43.3 Å². The van der Waals surface area contributed by atoms with Crippen LogP contribution < -0.4 is 0 Å². The minimum Gasteiger partial charge on any atom is -0.268 e. The molecule has 3 aromatic rings. The molecule has 0 saturated heterocycles. The lowest BCUT2D eigenvalue weighted by Gasteiger charge is -2.28. The van der Waals surface area contributed by atoms with Crippen LogP contribution in [0.4, 0.5) is 0 Å². The Morgan fingerprint density at radius 1 is 0.839 bits per heavy atom. The summed E-state index contributed by atoms with van der Waals surface area (Å²) in [7, 11) is 0. The molecule has 0 unspecified atom stereocenters. The fourth-order valence-electron chi connectivity index (χ4n) is 5.25. The zero-order valence-corrected chi connectivity index (χ0v) is 19.6. The van der Waals surface area contributed by atoms with Crippen molar-refractivity contribution in [1.29, 1.82) is 0 Å². The molecule has 2 heteroatoms. The van der Waals surface area contributed by atoms with E-state index in [1.165, 1.54) is 60.1 Å². The smallest absolute Gasteiger partial charge is 0.100 e. The Hall–Kier alpha value is -2.35. The highest BCUT2D eigenvalue weighted by Crippen LogP contribution is 2.38. The van der Waals surface area contributed by atoms with E-state index in [-0.39, 0.29) is 0 Å². The Labute approximate surface area is 188 Å². The zero-order chi connectivity index (χ0) is 21.6. The first kappa shape index (κ1) is 21.9. The predicted molar refractivity (Wildman–Crippen MR) is 132 cm³/mol. The Kier molecular flexibility index (Phi) is 7.27. The lowest BCUT2D eigenvalue weighted by molar-refractivity contribution is 0.240. The van der Waals surface area contributed by atoms with Gasteiger partial charge in [-0.3, -0.25) is 4.68 Å². The molecule has 1 fully saturated rings. The van der Waals surface area contributed by atoms with Crippen molar-refractivity contribution in [3.05, 3.63) is 65.9 Å². The summed E-state index contributed by atoms with van der Waals surface area (Å²) in [6.07, 6.45) is 10.1. The molecule has 31 heavy (non-hydrogen) atoms. The molecule has 0 spiro atoms. The minimum atomic E-state index is 0.761. The number of rotatable bonds is 8.